The van der Waals surface area contributed by atoms with Crippen LogP contribution >= 0.6 is 0 Å². The van der Waals surface area contributed by atoms with E-state index in [1.807, 2.05) is 0 Å². The summed E-state index contributed by atoms with van der Waals surface area (Å²) in [7, 11) is -2.18. The van der Waals surface area contributed by atoms with Gasteiger partial charge in [0.15, 0.2) is 10.8 Å². The number of hydrogen-bond acceptors (Lipinski definition) is 4. The van der Waals surface area contributed by atoms with Crippen LogP contribution in [0.15, 0.2) is 11.4 Å². The molecule has 0 aliphatic carbocycles. The lowest BCUT2D eigenvalue weighted by atomic mass is 10.8. The first kappa shape index (κ1) is 8.02. The van der Waals surface area contributed by atoms with Crippen LogP contribution in [0.5, 0.6) is 0 Å². The topological polar surface area (TPSA) is 101 Å². The molecule has 62 valence electrons. The summed E-state index contributed by atoms with van der Waals surface area (Å²) in [5.41, 5.74) is 5.24. The van der Waals surface area contributed by atoms with Gasteiger partial charge >= 0.3 is 0 Å². The number of anilines is 1. The Bertz CT molecular complexity index is 341. The number of sulfonamides is 1. The van der Waals surface area contributed by atoms with Crippen molar-refractivity contribution < 1.29 is 8.42 Å². The maximum atomic E-state index is 11.0. The van der Waals surface area contributed by atoms with Crippen molar-refractivity contribution in [3.63, 3.8) is 0 Å². The quantitative estimate of drug-likeness (QED) is 0.532. The molecule has 0 saturated heterocycles. The van der Waals surface area contributed by atoms with Gasteiger partial charge in [0.25, 0.3) is 10.0 Å². The van der Waals surface area contributed by atoms with E-state index in [4.69, 9.17) is 5.73 Å². The molecule has 0 unspecified atom stereocenters. The van der Waals surface area contributed by atoms with Gasteiger partial charge < -0.3 is 10.7 Å². The van der Waals surface area contributed by atoms with E-state index in [1.165, 1.54) is 13.4 Å². The number of imidazole rings is 1. The Hall–Kier alpha value is -1.08. The molecule has 1 aromatic heterocycles. The average molecular weight is 176 g/mol. The van der Waals surface area contributed by atoms with Crippen molar-refractivity contribution in [2.24, 2.45) is 0 Å². The predicted molar refractivity (Wildman–Crippen MR) is 39.2 cm³/mol. The lowest BCUT2D eigenvalue weighted by Crippen LogP contribution is -2.20. The normalized spacial score (nSPS) is 11.7. The molecular formula is C4H8N4O2S. The van der Waals surface area contributed by atoms with Gasteiger partial charge in [0.2, 0.25) is 0 Å². The molecule has 0 bridgehead atoms. The van der Waals surface area contributed by atoms with Gasteiger partial charge in [-0.15, -0.1) is 0 Å². The Balaban J connectivity index is 3.22. The maximum absolute atomic E-state index is 11.0. The molecule has 0 saturated carbocycles. The van der Waals surface area contributed by atoms with Crippen molar-refractivity contribution in [1.82, 2.24) is 14.7 Å². The zero-order valence-electron chi connectivity index (χ0n) is 5.83. The van der Waals surface area contributed by atoms with E-state index >= 15 is 0 Å². The Morgan fingerprint density at radius 1 is 1.73 bits per heavy atom. The fourth-order valence-electron chi connectivity index (χ4n) is 0.610. The number of nitrogens with two attached hydrogens (primary N) is 1. The van der Waals surface area contributed by atoms with Gasteiger partial charge in [0, 0.05) is 0 Å². The number of nitrogen functional groups attached to an aromatic ring is 1. The lowest BCUT2D eigenvalue weighted by Gasteiger charge is -1.97. The average Bonchev–Trinajstić information content (AvgIpc) is 2.36. The molecular weight excluding hydrogens is 168 g/mol. The fourth-order valence-corrected chi connectivity index (χ4v) is 1.35. The third-order valence-electron chi connectivity index (χ3n) is 1.17. The molecule has 4 N–H and O–H groups in total. The van der Waals surface area contributed by atoms with Gasteiger partial charge in [-0.25, -0.2) is 18.1 Å². The Morgan fingerprint density at radius 3 is 2.73 bits per heavy atom. The van der Waals surface area contributed by atoms with Crippen LogP contribution in [0.2, 0.25) is 0 Å². The molecule has 11 heavy (non-hydrogen) atoms. The SMILES string of the molecule is CNS(=O)(=O)c1[nH]cnc1N. The minimum absolute atomic E-state index is 0.0284. The summed E-state index contributed by atoms with van der Waals surface area (Å²) >= 11 is 0. The number of aromatic nitrogens is 2. The molecule has 1 heterocycles. The molecule has 0 aliphatic rings. The number of H-pyrrole nitrogens is 1. The second kappa shape index (κ2) is 2.51. The molecule has 0 fully saturated rings. The number of nitrogens with one attached hydrogen (secondary N) is 2. The van der Waals surface area contributed by atoms with Gasteiger partial charge in [-0.1, -0.05) is 0 Å². The van der Waals surface area contributed by atoms with E-state index in [9.17, 15) is 8.42 Å². The van der Waals surface area contributed by atoms with Crippen LogP contribution in [0.4, 0.5) is 5.82 Å². The molecule has 1 rings (SSSR count). The lowest BCUT2D eigenvalue weighted by molar-refractivity contribution is 0.585. The van der Waals surface area contributed by atoms with Crippen molar-refractivity contribution in [2.75, 3.05) is 12.8 Å². The van der Waals surface area contributed by atoms with Crippen molar-refractivity contribution in [2.45, 2.75) is 5.03 Å². The largest absolute Gasteiger partial charge is 0.381 e. The molecule has 7 heteroatoms. The molecule has 0 radical (unpaired) electrons. The second-order valence-corrected chi connectivity index (χ2v) is 3.65. The van der Waals surface area contributed by atoms with Gasteiger partial charge in [0.05, 0.1) is 6.33 Å². The number of rotatable bonds is 2. The van der Waals surface area contributed by atoms with Crippen LogP contribution in [0, 0.1) is 0 Å². The summed E-state index contributed by atoms with van der Waals surface area (Å²) in [5, 5.41) is -0.0972. The third kappa shape index (κ3) is 1.33. The monoisotopic (exact) mass is 176 g/mol. The zero-order chi connectivity index (χ0) is 8.48. The van der Waals surface area contributed by atoms with E-state index in [1.54, 1.807) is 0 Å². The highest BCUT2D eigenvalue weighted by molar-refractivity contribution is 7.89. The fraction of sp³-hybridized carbons (Fsp3) is 0.250. The van der Waals surface area contributed by atoms with Crippen molar-refractivity contribution in [1.29, 1.82) is 0 Å². The van der Waals surface area contributed by atoms with Crippen molar-refractivity contribution in [3.05, 3.63) is 6.33 Å². The van der Waals surface area contributed by atoms with Gasteiger partial charge in [0.1, 0.15) is 0 Å². The Morgan fingerprint density at radius 2 is 2.36 bits per heavy atom. The Kier molecular flexibility index (Phi) is 1.83. The molecule has 1 aromatic rings. The molecule has 0 spiro atoms. The van der Waals surface area contributed by atoms with E-state index in [0.29, 0.717) is 0 Å². The zero-order valence-corrected chi connectivity index (χ0v) is 6.64. The highest BCUT2D eigenvalue weighted by Gasteiger charge is 2.16. The van der Waals surface area contributed by atoms with Crippen LogP contribution in [0.3, 0.4) is 0 Å². The summed E-state index contributed by atoms with van der Waals surface area (Å²) in [6, 6.07) is 0. The molecule has 0 aliphatic heterocycles. The second-order valence-electron chi connectivity index (χ2n) is 1.82. The van der Waals surface area contributed by atoms with Gasteiger partial charge in [-0.3, -0.25) is 0 Å². The predicted octanol–water partition coefficient (Wildman–Crippen LogP) is -1.10. The standard InChI is InChI=1S/C4H8N4O2S/c1-6-11(9,10)4-3(5)7-2-8-4/h2,6H,5H2,1H3,(H,7,8). The molecule has 0 atom stereocenters. The molecule has 0 amide bonds. The van der Waals surface area contributed by atoms with Crippen LogP contribution in [0.1, 0.15) is 0 Å². The van der Waals surface area contributed by atoms with Crippen molar-refractivity contribution in [3.8, 4) is 0 Å². The van der Waals surface area contributed by atoms with Gasteiger partial charge in [-0.05, 0) is 7.05 Å². The van der Waals surface area contributed by atoms with E-state index in [2.05, 4.69) is 14.7 Å². The van der Waals surface area contributed by atoms with E-state index < -0.39 is 10.0 Å². The van der Waals surface area contributed by atoms with Crippen LogP contribution in [0.25, 0.3) is 0 Å². The smallest absolute Gasteiger partial charge is 0.259 e. The van der Waals surface area contributed by atoms with Crippen LogP contribution in [-0.2, 0) is 10.0 Å². The van der Waals surface area contributed by atoms with E-state index in [0.717, 1.165) is 0 Å². The maximum Gasteiger partial charge on any atom is 0.259 e. The highest BCUT2D eigenvalue weighted by atomic mass is 32.2. The summed E-state index contributed by atoms with van der Waals surface area (Å²) in [6.45, 7) is 0. The number of hydrogen-bond donors (Lipinski definition) is 3. The number of aromatic amines is 1. The highest BCUT2D eigenvalue weighted by Crippen LogP contribution is 2.10. The van der Waals surface area contributed by atoms with Crippen LogP contribution in [-0.4, -0.2) is 25.4 Å². The van der Waals surface area contributed by atoms with E-state index in [-0.39, 0.29) is 10.8 Å². The number of nitrogens with zero attached hydrogens (tertiary/aromatic N) is 1. The summed E-state index contributed by atoms with van der Waals surface area (Å²) < 4.78 is 24.1. The summed E-state index contributed by atoms with van der Waals surface area (Å²) in [5.74, 6) is -0.0284. The Labute approximate surface area is 63.9 Å². The van der Waals surface area contributed by atoms with Crippen LogP contribution < -0.4 is 10.5 Å². The first-order valence-electron chi connectivity index (χ1n) is 2.80. The first-order valence-corrected chi connectivity index (χ1v) is 4.28. The third-order valence-corrected chi connectivity index (χ3v) is 2.57. The van der Waals surface area contributed by atoms with Crippen molar-refractivity contribution >= 4 is 15.8 Å². The van der Waals surface area contributed by atoms with Gasteiger partial charge in [-0.2, -0.15) is 0 Å². The molecule has 0 aromatic carbocycles. The first-order chi connectivity index (χ1) is 5.08. The minimum Gasteiger partial charge on any atom is -0.381 e. The molecule has 6 nitrogen and oxygen atoms in total. The minimum atomic E-state index is -3.48. The summed E-state index contributed by atoms with van der Waals surface area (Å²) in [4.78, 5) is 5.94. The summed E-state index contributed by atoms with van der Waals surface area (Å²) in [6.07, 6.45) is 1.22.